The highest BCUT2D eigenvalue weighted by Crippen LogP contribution is 2.23. The summed E-state index contributed by atoms with van der Waals surface area (Å²) in [6.07, 6.45) is 0.258. The van der Waals surface area contributed by atoms with E-state index in [1.165, 1.54) is 0 Å². The van der Waals surface area contributed by atoms with E-state index in [9.17, 15) is 13.6 Å². The number of hydrazine groups is 1. The molecule has 2 aromatic carbocycles. The molecule has 7 heteroatoms. The van der Waals surface area contributed by atoms with E-state index in [-0.39, 0.29) is 22.8 Å². The van der Waals surface area contributed by atoms with Gasteiger partial charge in [-0.25, -0.2) is 19.6 Å². The number of benzene rings is 2. The molecular formula is C16H14ClF2N3O. The van der Waals surface area contributed by atoms with Crippen LogP contribution >= 0.6 is 11.6 Å². The molecule has 1 fully saturated rings. The minimum Gasteiger partial charge on any atom is -0.335 e. The van der Waals surface area contributed by atoms with E-state index >= 15 is 0 Å². The maximum absolute atomic E-state index is 13.3. The van der Waals surface area contributed by atoms with E-state index in [1.54, 1.807) is 0 Å². The van der Waals surface area contributed by atoms with Crippen molar-refractivity contribution in [1.82, 2.24) is 16.2 Å². The van der Waals surface area contributed by atoms with Crippen molar-refractivity contribution >= 4 is 17.5 Å². The van der Waals surface area contributed by atoms with Crippen LogP contribution in [0.3, 0.4) is 0 Å². The van der Waals surface area contributed by atoms with Gasteiger partial charge in [-0.3, -0.25) is 4.79 Å². The first-order chi connectivity index (χ1) is 11.0. The van der Waals surface area contributed by atoms with Crippen LogP contribution < -0.4 is 16.2 Å². The van der Waals surface area contributed by atoms with Crippen molar-refractivity contribution in [2.45, 2.75) is 18.6 Å². The van der Waals surface area contributed by atoms with Crippen LogP contribution in [0.1, 0.15) is 28.4 Å². The zero-order valence-electron chi connectivity index (χ0n) is 11.9. The van der Waals surface area contributed by atoms with Crippen LogP contribution in [0.25, 0.3) is 0 Å². The maximum atomic E-state index is 13.3. The van der Waals surface area contributed by atoms with Gasteiger partial charge in [0.05, 0.1) is 16.8 Å². The van der Waals surface area contributed by atoms with Gasteiger partial charge < -0.3 is 5.32 Å². The third-order valence-electron chi connectivity index (χ3n) is 3.67. The SMILES string of the molecule is O=C(NC1CC(c2ccccc2)NN1)c1cc(F)c(F)cc1Cl. The first-order valence-corrected chi connectivity index (χ1v) is 7.44. The Morgan fingerprint density at radius 1 is 1.13 bits per heavy atom. The van der Waals surface area contributed by atoms with Gasteiger partial charge in [0.2, 0.25) is 0 Å². The average molecular weight is 338 g/mol. The van der Waals surface area contributed by atoms with E-state index in [0.29, 0.717) is 6.42 Å². The van der Waals surface area contributed by atoms with Crippen LogP contribution in [0.5, 0.6) is 0 Å². The van der Waals surface area contributed by atoms with Crippen molar-refractivity contribution in [2.24, 2.45) is 0 Å². The van der Waals surface area contributed by atoms with Crippen molar-refractivity contribution < 1.29 is 13.6 Å². The van der Waals surface area contributed by atoms with Gasteiger partial charge in [0.25, 0.3) is 5.91 Å². The van der Waals surface area contributed by atoms with Crippen LogP contribution in [0.4, 0.5) is 8.78 Å². The van der Waals surface area contributed by atoms with E-state index < -0.39 is 17.5 Å². The molecule has 23 heavy (non-hydrogen) atoms. The number of rotatable bonds is 3. The fourth-order valence-electron chi connectivity index (χ4n) is 2.49. The molecule has 0 spiro atoms. The summed E-state index contributed by atoms with van der Waals surface area (Å²) in [5, 5.41) is 2.56. The number of carbonyl (C=O) groups is 1. The number of halogens is 3. The van der Waals surface area contributed by atoms with Gasteiger partial charge in [-0.15, -0.1) is 0 Å². The van der Waals surface area contributed by atoms with E-state index in [2.05, 4.69) is 16.2 Å². The fourth-order valence-corrected chi connectivity index (χ4v) is 2.72. The Bertz CT molecular complexity index is 727. The van der Waals surface area contributed by atoms with E-state index in [0.717, 1.165) is 17.7 Å². The summed E-state index contributed by atoms with van der Waals surface area (Å²) in [5.74, 6) is -2.77. The molecule has 0 aromatic heterocycles. The number of hydrogen-bond donors (Lipinski definition) is 3. The molecule has 1 saturated heterocycles. The molecular weight excluding hydrogens is 324 g/mol. The van der Waals surface area contributed by atoms with Gasteiger partial charge in [0.1, 0.15) is 0 Å². The lowest BCUT2D eigenvalue weighted by atomic mass is 10.0. The Morgan fingerprint density at radius 2 is 1.83 bits per heavy atom. The largest absolute Gasteiger partial charge is 0.335 e. The minimum atomic E-state index is -1.11. The third kappa shape index (κ3) is 3.50. The standard InChI is InChI=1S/C16H14ClF2N3O/c17-11-7-13(19)12(18)6-10(11)16(23)20-15-8-14(21-22-15)9-4-2-1-3-5-9/h1-7,14-15,21-22H,8H2,(H,20,23). The van der Waals surface area contributed by atoms with Crippen molar-refractivity contribution in [3.8, 4) is 0 Å². The summed E-state index contributed by atoms with van der Waals surface area (Å²) in [5.41, 5.74) is 7.03. The smallest absolute Gasteiger partial charge is 0.254 e. The molecule has 2 atom stereocenters. The molecule has 120 valence electrons. The Kier molecular flexibility index (Phi) is 4.56. The monoisotopic (exact) mass is 337 g/mol. The number of amides is 1. The molecule has 2 aromatic rings. The quantitative estimate of drug-likeness (QED) is 0.755. The van der Waals surface area contributed by atoms with E-state index in [1.807, 2.05) is 30.3 Å². The molecule has 1 amide bonds. The fraction of sp³-hybridized carbons (Fsp3) is 0.188. The first kappa shape index (κ1) is 15.9. The van der Waals surface area contributed by atoms with Crippen LogP contribution in [0, 0.1) is 11.6 Å². The molecule has 1 aliphatic heterocycles. The molecule has 0 aliphatic carbocycles. The van der Waals surface area contributed by atoms with Crippen LogP contribution in [-0.2, 0) is 0 Å². The Morgan fingerprint density at radius 3 is 2.57 bits per heavy atom. The summed E-state index contributed by atoms with van der Waals surface area (Å²) in [7, 11) is 0. The second kappa shape index (κ2) is 6.62. The van der Waals surface area contributed by atoms with Gasteiger partial charge in [0, 0.05) is 12.5 Å². The Labute approximate surface area is 136 Å². The Balaban J connectivity index is 1.67. The predicted octanol–water partition coefficient (Wildman–Crippen LogP) is 2.91. The van der Waals surface area contributed by atoms with Gasteiger partial charge in [-0.2, -0.15) is 0 Å². The first-order valence-electron chi connectivity index (χ1n) is 7.06. The summed E-state index contributed by atoms with van der Waals surface area (Å²) >= 11 is 5.80. The van der Waals surface area contributed by atoms with Gasteiger partial charge in [-0.1, -0.05) is 41.9 Å². The molecule has 1 aliphatic rings. The van der Waals surface area contributed by atoms with Crippen LogP contribution in [0.15, 0.2) is 42.5 Å². The summed E-state index contributed by atoms with van der Waals surface area (Å²) in [6.45, 7) is 0. The lowest BCUT2D eigenvalue weighted by Crippen LogP contribution is -2.44. The summed E-state index contributed by atoms with van der Waals surface area (Å²) in [6, 6.07) is 11.4. The highest BCUT2D eigenvalue weighted by Gasteiger charge is 2.27. The molecule has 0 bridgehead atoms. The average Bonchev–Trinajstić information content (AvgIpc) is 3.00. The summed E-state index contributed by atoms with van der Waals surface area (Å²) < 4.78 is 26.3. The molecule has 3 rings (SSSR count). The number of hydrogen-bond acceptors (Lipinski definition) is 3. The summed E-state index contributed by atoms with van der Waals surface area (Å²) in [4.78, 5) is 12.2. The highest BCUT2D eigenvalue weighted by molar-refractivity contribution is 6.33. The molecule has 0 saturated carbocycles. The van der Waals surface area contributed by atoms with Crippen molar-refractivity contribution in [3.63, 3.8) is 0 Å². The second-order valence-electron chi connectivity index (χ2n) is 5.26. The van der Waals surface area contributed by atoms with Crippen LogP contribution in [-0.4, -0.2) is 12.1 Å². The van der Waals surface area contributed by atoms with Gasteiger partial charge in [0.15, 0.2) is 11.6 Å². The molecule has 0 radical (unpaired) electrons. The Hall–Kier alpha value is -2.02. The van der Waals surface area contributed by atoms with Crippen LogP contribution in [0.2, 0.25) is 5.02 Å². The lowest BCUT2D eigenvalue weighted by molar-refractivity contribution is 0.0932. The van der Waals surface area contributed by atoms with Crippen molar-refractivity contribution in [2.75, 3.05) is 0 Å². The number of nitrogens with one attached hydrogen (secondary N) is 3. The molecule has 1 heterocycles. The van der Waals surface area contributed by atoms with Gasteiger partial charge in [-0.05, 0) is 17.7 Å². The molecule has 2 unspecified atom stereocenters. The van der Waals surface area contributed by atoms with E-state index in [4.69, 9.17) is 11.6 Å². The third-order valence-corrected chi connectivity index (χ3v) is 3.98. The zero-order chi connectivity index (χ0) is 16.4. The van der Waals surface area contributed by atoms with Crippen molar-refractivity contribution in [1.29, 1.82) is 0 Å². The molecule has 3 N–H and O–H groups in total. The van der Waals surface area contributed by atoms with Gasteiger partial charge >= 0.3 is 0 Å². The lowest BCUT2D eigenvalue weighted by Gasteiger charge is -2.13. The number of carbonyl (C=O) groups excluding carboxylic acids is 1. The normalized spacial score (nSPS) is 20.5. The second-order valence-corrected chi connectivity index (χ2v) is 5.67. The predicted molar refractivity (Wildman–Crippen MR) is 82.7 cm³/mol. The zero-order valence-corrected chi connectivity index (χ0v) is 12.7. The van der Waals surface area contributed by atoms with Crippen molar-refractivity contribution in [3.05, 3.63) is 70.2 Å². The minimum absolute atomic E-state index is 0.0434. The molecule has 4 nitrogen and oxygen atoms in total. The maximum Gasteiger partial charge on any atom is 0.254 e. The highest BCUT2D eigenvalue weighted by atomic mass is 35.5. The topological polar surface area (TPSA) is 53.2 Å².